The lowest BCUT2D eigenvalue weighted by Gasteiger charge is -2.35. The third-order valence-corrected chi connectivity index (χ3v) is 5.32. The number of hydrogen-bond donors (Lipinski definition) is 1. The van der Waals surface area contributed by atoms with Gasteiger partial charge in [0.2, 0.25) is 5.88 Å². The third kappa shape index (κ3) is 6.82. The van der Waals surface area contributed by atoms with Crippen LogP contribution in [0.25, 0.3) is 0 Å². The fraction of sp³-hybridized carbons (Fsp3) is 0.478. The van der Waals surface area contributed by atoms with Crippen LogP contribution in [0.15, 0.2) is 36.4 Å². The highest BCUT2D eigenvalue weighted by atomic mass is 19.4. The van der Waals surface area contributed by atoms with E-state index in [-0.39, 0.29) is 29.9 Å². The molecule has 0 aliphatic carbocycles. The minimum Gasteiger partial charge on any atom is -0.390 e. The van der Waals surface area contributed by atoms with E-state index in [4.69, 9.17) is 4.74 Å². The van der Waals surface area contributed by atoms with Crippen LogP contribution in [0, 0.1) is 5.41 Å². The highest BCUT2D eigenvalue weighted by Crippen LogP contribution is 2.32. The number of amides is 2. The van der Waals surface area contributed by atoms with Crippen molar-refractivity contribution in [1.82, 2.24) is 20.4 Å². The zero-order chi connectivity index (χ0) is 24.9. The zero-order valence-corrected chi connectivity index (χ0v) is 19.4. The average molecular weight is 480 g/mol. The van der Waals surface area contributed by atoms with E-state index in [9.17, 15) is 22.8 Å². The Morgan fingerprint density at radius 3 is 2.26 bits per heavy atom. The lowest BCUT2D eigenvalue weighted by atomic mass is 9.92. The molecule has 0 bridgehead atoms. The Morgan fingerprint density at radius 2 is 1.68 bits per heavy atom. The molecule has 1 fully saturated rings. The van der Waals surface area contributed by atoms with E-state index >= 15 is 0 Å². The molecule has 184 valence electrons. The van der Waals surface area contributed by atoms with Crippen LogP contribution in [-0.2, 0) is 6.18 Å². The van der Waals surface area contributed by atoms with Gasteiger partial charge in [-0.2, -0.15) is 13.2 Å². The molecule has 8 nitrogen and oxygen atoms in total. The van der Waals surface area contributed by atoms with Crippen LogP contribution in [0.4, 0.5) is 23.8 Å². The molecule has 11 heteroatoms. The van der Waals surface area contributed by atoms with Gasteiger partial charge in [0.1, 0.15) is 0 Å². The Balaban J connectivity index is 1.53. The standard InChI is InChI=1S/C23H28F3N5O3/c1-22(2,3)10-11-27-21(33)34-19-9-8-18(28-29-19)30-12-14-31(15-13-30)20(32)16-6-4-5-7-17(16)23(24,25)26/h4-9H,10-15H2,1-3H3,(H,27,33). The molecular formula is C23H28F3N5O3. The number of halogens is 3. The first-order chi connectivity index (χ1) is 15.9. The summed E-state index contributed by atoms with van der Waals surface area (Å²) in [7, 11) is 0. The maximum Gasteiger partial charge on any atom is 0.417 e. The van der Waals surface area contributed by atoms with Crippen LogP contribution in [0.3, 0.4) is 0 Å². The van der Waals surface area contributed by atoms with Crippen molar-refractivity contribution in [2.24, 2.45) is 5.41 Å². The molecule has 0 unspecified atom stereocenters. The summed E-state index contributed by atoms with van der Waals surface area (Å²) in [4.78, 5) is 27.8. The van der Waals surface area contributed by atoms with E-state index in [0.717, 1.165) is 12.5 Å². The quantitative estimate of drug-likeness (QED) is 0.698. The zero-order valence-electron chi connectivity index (χ0n) is 19.4. The van der Waals surface area contributed by atoms with E-state index in [2.05, 4.69) is 36.3 Å². The van der Waals surface area contributed by atoms with Gasteiger partial charge in [0, 0.05) is 38.8 Å². The molecule has 0 saturated carbocycles. The Labute approximate surface area is 196 Å². The summed E-state index contributed by atoms with van der Waals surface area (Å²) in [5.74, 6) is -0.0854. The number of nitrogens with one attached hydrogen (secondary N) is 1. The molecule has 0 spiro atoms. The highest BCUT2D eigenvalue weighted by Gasteiger charge is 2.36. The van der Waals surface area contributed by atoms with E-state index in [1.807, 2.05) is 4.90 Å². The van der Waals surface area contributed by atoms with Gasteiger partial charge in [-0.15, -0.1) is 10.2 Å². The SMILES string of the molecule is CC(C)(C)CCNC(=O)Oc1ccc(N2CCN(C(=O)c3ccccc3C(F)(F)F)CC2)nn1. The average Bonchev–Trinajstić information content (AvgIpc) is 2.78. The molecule has 2 amide bonds. The molecule has 2 aromatic rings. The third-order valence-electron chi connectivity index (χ3n) is 5.32. The molecule has 1 N–H and O–H groups in total. The first-order valence-electron chi connectivity index (χ1n) is 10.9. The number of benzene rings is 1. The maximum absolute atomic E-state index is 13.2. The largest absolute Gasteiger partial charge is 0.417 e. The van der Waals surface area contributed by atoms with Gasteiger partial charge in [0.15, 0.2) is 5.82 Å². The second-order valence-electron chi connectivity index (χ2n) is 9.18. The number of rotatable bonds is 5. The van der Waals surface area contributed by atoms with E-state index in [0.29, 0.717) is 25.5 Å². The first-order valence-corrected chi connectivity index (χ1v) is 10.9. The van der Waals surface area contributed by atoms with Gasteiger partial charge < -0.3 is 19.9 Å². The summed E-state index contributed by atoms with van der Waals surface area (Å²) in [6.45, 7) is 7.92. The second-order valence-corrected chi connectivity index (χ2v) is 9.18. The van der Waals surface area contributed by atoms with E-state index in [1.165, 1.54) is 29.2 Å². The summed E-state index contributed by atoms with van der Waals surface area (Å²) >= 11 is 0. The molecule has 0 radical (unpaired) electrons. The van der Waals surface area contributed by atoms with Crippen molar-refractivity contribution in [3.8, 4) is 5.88 Å². The topological polar surface area (TPSA) is 87.7 Å². The summed E-state index contributed by atoms with van der Waals surface area (Å²) in [5, 5.41) is 10.6. The highest BCUT2D eigenvalue weighted by molar-refractivity contribution is 5.96. The van der Waals surface area contributed by atoms with Gasteiger partial charge >= 0.3 is 12.3 Å². The Hall–Kier alpha value is -3.37. The number of piperazine rings is 1. The fourth-order valence-corrected chi connectivity index (χ4v) is 3.43. The summed E-state index contributed by atoms with van der Waals surface area (Å²) in [6.07, 6.45) is -4.42. The molecule has 2 heterocycles. The fourth-order valence-electron chi connectivity index (χ4n) is 3.43. The van der Waals surface area contributed by atoms with Crippen LogP contribution in [0.1, 0.15) is 43.1 Å². The normalized spacial score (nSPS) is 14.6. The van der Waals surface area contributed by atoms with Crippen molar-refractivity contribution in [1.29, 1.82) is 0 Å². The van der Waals surface area contributed by atoms with Crippen molar-refractivity contribution in [3.05, 3.63) is 47.5 Å². The van der Waals surface area contributed by atoms with E-state index < -0.39 is 23.7 Å². The van der Waals surface area contributed by atoms with Gasteiger partial charge in [0.25, 0.3) is 5.91 Å². The first kappa shape index (κ1) is 25.3. The summed E-state index contributed by atoms with van der Waals surface area (Å²) in [6, 6.07) is 7.94. The number of hydrogen-bond acceptors (Lipinski definition) is 6. The number of anilines is 1. The maximum atomic E-state index is 13.2. The number of carbonyl (C=O) groups excluding carboxylic acids is 2. The molecule has 1 aromatic carbocycles. The van der Waals surface area contributed by atoms with Crippen LogP contribution >= 0.6 is 0 Å². The predicted octanol–water partition coefficient (Wildman–Crippen LogP) is 3.98. The van der Waals surface area contributed by atoms with Crippen molar-refractivity contribution >= 4 is 17.8 Å². The Bertz CT molecular complexity index is 998. The van der Waals surface area contributed by atoms with Crippen LogP contribution in [0.5, 0.6) is 5.88 Å². The van der Waals surface area contributed by atoms with Crippen LogP contribution in [0.2, 0.25) is 0 Å². The number of carbonyl (C=O) groups is 2. The van der Waals surface area contributed by atoms with Gasteiger partial charge in [-0.25, -0.2) is 4.79 Å². The smallest absolute Gasteiger partial charge is 0.390 e. The lowest BCUT2D eigenvalue weighted by Crippen LogP contribution is -2.49. The van der Waals surface area contributed by atoms with Crippen molar-refractivity contribution in [3.63, 3.8) is 0 Å². The molecule has 34 heavy (non-hydrogen) atoms. The summed E-state index contributed by atoms with van der Waals surface area (Å²) in [5.41, 5.74) is -1.21. The summed E-state index contributed by atoms with van der Waals surface area (Å²) < 4.78 is 44.9. The van der Waals surface area contributed by atoms with Crippen LogP contribution < -0.4 is 15.0 Å². The number of alkyl halides is 3. The molecule has 1 aliphatic heterocycles. The molecule has 0 atom stereocenters. The lowest BCUT2D eigenvalue weighted by molar-refractivity contribution is -0.138. The minimum atomic E-state index is -4.60. The Morgan fingerprint density at radius 1 is 1.00 bits per heavy atom. The number of nitrogens with zero attached hydrogens (tertiary/aromatic N) is 4. The predicted molar refractivity (Wildman–Crippen MR) is 120 cm³/mol. The van der Waals surface area contributed by atoms with Gasteiger partial charge in [0.05, 0.1) is 11.1 Å². The molecule has 1 saturated heterocycles. The molecule has 3 rings (SSSR count). The van der Waals surface area contributed by atoms with Gasteiger partial charge in [-0.05, 0) is 30.0 Å². The van der Waals surface area contributed by atoms with Crippen molar-refractivity contribution in [2.45, 2.75) is 33.4 Å². The van der Waals surface area contributed by atoms with Crippen molar-refractivity contribution in [2.75, 3.05) is 37.6 Å². The molecule has 1 aliphatic rings. The second kappa shape index (κ2) is 10.3. The van der Waals surface area contributed by atoms with Gasteiger partial charge in [-0.1, -0.05) is 32.9 Å². The number of aromatic nitrogens is 2. The minimum absolute atomic E-state index is 0.0505. The molecule has 1 aromatic heterocycles. The van der Waals surface area contributed by atoms with E-state index in [1.54, 1.807) is 6.07 Å². The number of ether oxygens (including phenoxy) is 1. The van der Waals surface area contributed by atoms with Crippen LogP contribution in [-0.4, -0.2) is 59.8 Å². The van der Waals surface area contributed by atoms with Crippen molar-refractivity contribution < 1.29 is 27.5 Å². The van der Waals surface area contributed by atoms with Gasteiger partial charge in [-0.3, -0.25) is 4.79 Å². The molecular weight excluding hydrogens is 451 g/mol. The Kier molecular flexibility index (Phi) is 7.63. The monoisotopic (exact) mass is 479 g/mol.